The van der Waals surface area contributed by atoms with Gasteiger partial charge in [-0.15, -0.1) is 11.3 Å². The van der Waals surface area contributed by atoms with Gasteiger partial charge in [0, 0.05) is 17.3 Å². The number of anilines is 2. The number of methoxy groups -OCH3 is 1. The number of rotatable bonds is 5. The number of ether oxygens (including phenoxy) is 1. The van der Waals surface area contributed by atoms with E-state index in [1.165, 1.54) is 29.5 Å². The van der Waals surface area contributed by atoms with Gasteiger partial charge in [-0.25, -0.2) is 4.98 Å². The Hall–Kier alpha value is -3.56. The SMILES string of the molecule is COc1cc([N+](=O)[O-])ccc1NC(=S)Nc1ccc(-c2nc3ccc(C)cc3s2)cc1. The number of nitro groups is 1. The highest BCUT2D eigenvalue weighted by Gasteiger charge is 2.12. The van der Waals surface area contributed by atoms with E-state index in [2.05, 4.69) is 29.7 Å². The van der Waals surface area contributed by atoms with Crippen molar-refractivity contribution in [3.8, 4) is 16.3 Å². The van der Waals surface area contributed by atoms with Gasteiger partial charge >= 0.3 is 0 Å². The van der Waals surface area contributed by atoms with E-state index in [0.717, 1.165) is 21.8 Å². The smallest absolute Gasteiger partial charge is 0.273 e. The first-order valence-corrected chi connectivity index (χ1v) is 10.5. The summed E-state index contributed by atoms with van der Waals surface area (Å²) in [5.74, 6) is 0.333. The molecule has 0 bridgehead atoms. The maximum Gasteiger partial charge on any atom is 0.273 e. The van der Waals surface area contributed by atoms with E-state index >= 15 is 0 Å². The van der Waals surface area contributed by atoms with Crippen molar-refractivity contribution < 1.29 is 9.66 Å². The fourth-order valence-electron chi connectivity index (χ4n) is 3.03. The van der Waals surface area contributed by atoms with E-state index in [1.807, 2.05) is 30.3 Å². The molecule has 4 rings (SSSR count). The second-order valence-corrected chi connectivity index (χ2v) is 8.23. The summed E-state index contributed by atoms with van der Waals surface area (Å²) in [5.41, 5.74) is 4.52. The van der Waals surface area contributed by atoms with E-state index in [9.17, 15) is 10.1 Å². The van der Waals surface area contributed by atoms with Gasteiger partial charge in [0.05, 0.1) is 34.0 Å². The average molecular weight is 451 g/mol. The van der Waals surface area contributed by atoms with Crippen molar-refractivity contribution in [3.63, 3.8) is 0 Å². The third-order valence-electron chi connectivity index (χ3n) is 4.58. The number of aryl methyl sites for hydroxylation is 1. The molecule has 0 aliphatic rings. The van der Waals surface area contributed by atoms with Crippen molar-refractivity contribution in [1.29, 1.82) is 0 Å². The van der Waals surface area contributed by atoms with Gasteiger partial charge in [-0.2, -0.15) is 0 Å². The van der Waals surface area contributed by atoms with Crippen LogP contribution in [0.5, 0.6) is 5.75 Å². The molecule has 0 amide bonds. The number of fused-ring (bicyclic) bond motifs is 1. The number of thiocarbonyl (C=S) groups is 1. The van der Waals surface area contributed by atoms with Crippen LogP contribution in [0.3, 0.4) is 0 Å². The van der Waals surface area contributed by atoms with E-state index < -0.39 is 4.92 Å². The van der Waals surface area contributed by atoms with Crippen molar-refractivity contribution in [2.24, 2.45) is 0 Å². The molecule has 0 unspecified atom stereocenters. The summed E-state index contributed by atoms with van der Waals surface area (Å²) in [4.78, 5) is 15.2. The van der Waals surface area contributed by atoms with Crippen LogP contribution in [-0.4, -0.2) is 22.1 Å². The number of nitrogens with zero attached hydrogens (tertiary/aromatic N) is 2. The molecular formula is C22H18N4O3S2. The number of nitro benzene ring substituents is 1. The van der Waals surface area contributed by atoms with Crippen LogP contribution in [0.1, 0.15) is 5.56 Å². The first-order valence-electron chi connectivity index (χ1n) is 9.31. The number of hydrogen-bond acceptors (Lipinski definition) is 6. The molecule has 0 aliphatic carbocycles. The number of benzene rings is 3. The normalized spacial score (nSPS) is 10.6. The van der Waals surface area contributed by atoms with Crippen LogP contribution in [0.4, 0.5) is 17.1 Å². The third-order valence-corrected chi connectivity index (χ3v) is 5.85. The summed E-state index contributed by atoms with van der Waals surface area (Å²) in [6.45, 7) is 2.07. The Labute approximate surface area is 187 Å². The quantitative estimate of drug-likeness (QED) is 0.219. The van der Waals surface area contributed by atoms with Gasteiger partial charge in [0.25, 0.3) is 5.69 Å². The number of thiazole rings is 1. The largest absolute Gasteiger partial charge is 0.494 e. The minimum absolute atomic E-state index is 0.0538. The molecule has 0 fully saturated rings. The minimum atomic E-state index is -0.475. The van der Waals surface area contributed by atoms with Crippen LogP contribution in [0.2, 0.25) is 0 Å². The molecule has 156 valence electrons. The molecule has 2 N–H and O–H groups in total. The highest BCUT2D eigenvalue weighted by atomic mass is 32.1. The maximum absolute atomic E-state index is 10.9. The summed E-state index contributed by atoms with van der Waals surface area (Å²) in [5, 5.41) is 18.3. The second-order valence-electron chi connectivity index (χ2n) is 6.79. The molecule has 7 nitrogen and oxygen atoms in total. The molecule has 4 aromatic rings. The molecular weight excluding hydrogens is 432 g/mol. The number of hydrogen-bond donors (Lipinski definition) is 2. The molecule has 0 aliphatic heterocycles. The van der Waals surface area contributed by atoms with Crippen LogP contribution >= 0.6 is 23.6 Å². The lowest BCUT2D eigenvalue weighted by molar-refractivity contribution is -0.384. The molecule has 0 spiro atoms. The summed E-state index contributed by atoms with van der Waals surface area (Å²) >= 11 is 7.03. The lowest BCUT2D eigenvalue weighted by atomic mass is 10.2. The van der Waals surface area contributed by atoms with Gasteiger partial charge in [0.15, 0.2) is 5.11 Å². The Morgan fingerprint density at radius 3 is 2.58 bits per heavy atom. The highest BCUT2D eigenvalue weighted by molar-refractivity contribution is 7.80. The Morgan fingerprint density at radius 2 is 1.87 bits per heavy atom. The molecule has 1 aromatic heterocycles. The zero-order chi connectivity index (χ0) is 22.0. The van der Waals surface area contributed by atoms with E-state index in [4.69, 9.17) is 21.9 Å². The van der Waals surface area contributed by atoms with Crippen LogP contribution in [-0.2, 0) is 0 Å². The van der Waals surface area contributed by atoms with Crippen LogP contribution in [0.25, 0.3) is 20.8 Å². The van der Waals surface area contributed by atoms with E-state index in [-0.39, 0.29) is 5.69 Å². The minimum Gasteiger partial charge on any atom is -0.494 e. The molecule has 3 aromatic carbocycles. The van der Waals surface area contributed by atoms with Gasteiger partial charge in [-0.05, 0) is 67.2 Å². The number of aromatic nitrogens is 1. The predicted octanol–water partition coefficient (Wildman–Crippen LogP) is 6.00. The Balaban J connectivity index is 1.46. The number of nitrogens with one attached hydrogen (secondary N) is 2. The predicted molar refractivity (Wildman–Crippen MR) is 129 cm³/mol. The topological polar surface area (TPSA) is 89.3 Å². The molecule has 0 radical (unpaired) electrons. The van der Waals surface area contributed by atoms with Crippen molar-refractivity contribution in [3.05, 3.63) is 76.3 Å². The maximum atomic E-state index is 10.9. The Morgan fingerprint density at radius 1 is 1.10 bits per heavy atom. The van der Waals surface area contributed by atoms with Crippen molar-refractivity contribution in [1.82, 2.24) is 4.98 Å². The molecule has 1 heterocycles. The molecule has 0 saturated heterocycles. The van der Waals surface area contributed by atoms with Crippen LogP contribution in [0.15, 0.2) is 60.7 Å². The first-order chi connectivity index (χ1) is 14.9. The Bertz CT molecular complexity index is 1290. The van der Waals surface area contributed by atoms with Gasteiger partial charge in [0.2, 0.25) is 0 Å². The van der Waals surface area contributed by atoms with Crippen molar-refractivity contribution in [2.45, 2.75) is 6.92 Å². The lowest BCUT2D eigenvalue weighted by Crippen LogP contribution is -2.19. The molecule has 31 heavy (non-hydrogen) atoms. The van der Waals surface area contributed by atoms with Crippen molar-refractivity contribution >= 4 is 55.9 Å². The molecule has 0 atom stereocenters. The summed E-state index contributed by atoms with van der Waals surface area (Å²) in [6, 6.07) is 18.4. The first kappa shape index (κ1) is 20.7. The van der Waals surface area contributed by atoms with Gasteiger partial charge in [-0.3, -0.25) is 10.1 Å². The monoisotopic (exact) mass is 450 g/mol. The molecule has 0 saturated carbocycles. The van der Waals surface area contributed by atoms with Gasteiger partial charge in [0.1, 0.15) is 10.8 Å². The van der Waals surface area contributed by atoms with E-state index in [0.29, 0.717) is 16.5 Å². The summed E-state index contributed by atoms with van der Waals surface area (Å²) < 4.78 is 6.39. The second kappa shape index (κ2) is 8.66. The lowest BCUT2D eigenvalue weighted by Gasteiger charge is -2.13. The van der Waals surface area contributed by atoms with Gasteiger partial charge in [-0.1, -0.05) is 6.07 Å². The third kappa shape index (κ3) is 4.62. The zero-order valence-electron chi connectivity index (χ0n) is 16.7. The highest BCUT2D eigenvalue weighted by Crippen LogP contribution is 2.32. The van der Waals surface area contributed by atoms with Crippen LogP contribution < -0.4 is 15.4 Å². The fraction of sp³-hybridized carbons (Fsp3) is 0.0909. The average Bonchev–Trinajstić information content (AvgIpc) is 3.17. The summed E-state index contributed by atoms with van der Waals surface area (Å²) in [6.07, 6.45) is 0. The summed E-state index contributed by atoms with van der Waals surface area (Å²) in [7, 11) is 1.45. The van der Waals surface area contributed by atoms with Crippen LogP contribution in [0, 0.1) is 17.0 Å². The zero-order valence-corrected chi connectivity index (χ0v) is 18.3. The number of non-ortho nitro benzene ring substituents is 1. The van der Waals surface area contributed by atoms with Gasteiger partial charge < -0.3 is 15.4 Å². The van der Waals surface area contributed by atoms with E-state index in [1.54, 1.807) is 17.4 Å². The fourth-order valence-corrected chi connectivity index (χ4v) is 4.33. The standard InChI is InChI=1S/C22H18N4O3S2/c1-13-3-9-18-20(11-13)31-21(24-18)14-4-6-15(7-5-14)23-22(30)25-17-10-8-16(26(27)28)12-19(17)29-2/h3-12H,1-2H3,(H2,23,25,30). The molecule has 9 heteroatoms. The van der Waals surface area contributed by atoms with Crippen molar-refractivity contribution in [2.75, 3.05) is 17.7 Å². The Kier molecular flexibility index (Phi) is 5.79.